The number of hydrogen-bond donors (Lipinski definition) is 0. The van der Waals surface area contributed by atoms with E-state index in [1.165, 1.54) is 10.5 Å². The van der Waals surface area contributed by atoms with E-state index in [1.807, 2.05) is 37.7 Å². The molecule has 0 aliphatic rings. The standard InChI is InChI=1S/C10H13ClS.C2H6/c1-7(2)12-10-6-4-5-9(11)8(10)3;1-2/h4-7H,1-3H3;1-2H3. The smallest absolute Gasteiger partial charge is 0.0446 e. The molecule has 0 saturated heterocycles. The Bertz CT molecular complexity index is 269. The molecule has 0 heterocycles. The molecule has 0 aliphatic heterocycles. The third-order valence-electron chi connectivity index (χ3n) is 1.58. The molecule has 0 aliphatic carbocycles. The summed E-state index contributed by atoms with van der Waals surface area (Å²) in [5.74, 6) is 0. The lowest BCUT2D eigenvalue weighted by Gasteiger charge is -2.08. The first-order valence-corrected chi connectivity index (χ1v) is 6.29. The Balaban J connectivity index is 0.000000791. The quantitative estimate of drug-likeness (QED) is 0.632. The zero-order chi connectivity index (χ0) is 11.1. The lowest BCUT2D eigenvalue weighted by Crippen LogP contribution is -1.88. The minimum Gasteiger partial charge on any atom is -0.123 e. The molecule has 0 spiro atoms. The number of benzene rings is 1. The highest BCUT2D eigenvalue weighted by Gasteiger charge is 2.03. The average Bonchev–Trinajstić information content (AvgIpc) is 2.16. The summed E-state index contributed by atoms with van der Waals surface area (Å²) in [4.78, 5) is 1.29. The first-order chi connectivity index (χ1) is 6.61. The molecule has 0 fully saturated rings. The Morgan fingerprint density at radius 3 is 2.29 bits per heavy atom. The van der Waals surface area contributed by atoms with E-state index >= 15 is 0 Å². The third-order valence-corrected chi connectivity index (χ3v) is 3.16. The Labute approximate surface area is 97.1 Å². The van der Waals surface area contributed by atoms with Gasteiger partial charge in [-0.3, -0.25) is 0 Å². The number of thioether (sulfide) groups is 1. The normalized spacial score (nSPS) is 9.64. The van der Waals surface area contributed by atoms with E-state index in [0.717, 1.165) is 5.02 Å². The van der Waals surface area contributed by atoms with Crippen molar-refractivity contribution in [1.29, 1.82) is 0 Å². The minimum absolute atomic E-state index is 0.613. The van der Waals surface area contributed by atoms with Crippen LogP contribution in [-0.2, 0) is 0 Å². The van der Waals surface area contributed by atoms with Gasteiger partial charge >= 0.3 is 0 Å². The zero-order valence-electron chi connectivity index (χ0n) is 9.60. The van der Waals surface area contributed by atoms with Crippen molar-refractivity contribution in [3.63, 3.8) is 0 Å². The van der Waals surface area contributed by atoms with E-state index in [9.17, 15) is 0 Å². The van der Waals surface area contributed by atoms with Gasteiger partial charge in [-0.05, 0) is 24.6 Å². The fraction of sp³-hybridized carbons (Fsp3) is 0.500. The van der Waals surface area contributed by atoms with Gasteiger partial charge in [-0.25, -0.2) is 0 Å². The lowest BCUT2D eigenvalue weighted by atomic mass is 10.2. The molecule has 0 unspecified atom stereocenters. The molecule has 0 saturated carbocycles. The summed E-state index contributed by atoms with van der Waals surface area (Å²) >= 11 is 7.84. The van der Waals surface area contributed by atoms with E-state index < -0.39 is 0 Å². The van der Waals surface area contributed by atoms with Crippen molar-refractivity contribution in [2.45, 2.75) is 44.8 Å². The Kier molecular flexibility index (Phi) is 7.12. The molecule has 0 amide bonds. The van der Waals surface area contributed by atoms with Crippen LogP contribution in [0, 0.1) is 6.92 Å². The SMILES string of the molecule is CC.Cc1c(Cl)cccc1SC(C)C. The van der Waals surface area contributed by atoms with Crippen LogP contribution < -0.4 is 0 Å². The molecule has 0 atom stereocenters. The van der Waals surface area contributed by atoms with Crippen LogP contribution >= 0.6 is 23.4 Å². The molecule has 1 rings (SSSR count). The molecule has 0 bridgehead atoms. The highest BCUT2D eigenvalue weighted by atomic mass is 35.5. The zero-order valence-corrected chi connectivity index (χ0v) is 11.2. The van der Waals surface area contributed by atoms with Crippen LogP contribution in [0.5, 0.6) is 0 Å². The van der Waals surface area contributed by atoms with Crippen LogP contribution in [0.15, 0.2) is 23.1 Å². The second-order valence-corrected chi connectivity index (χ2v) is 5.06. The van der Waals surface area contributed by atoms with Crippen molar-refractivity contribution in [1.82, 2.24) is 0 Å². The molecule has 1 aromatic rings. The van der Waals surface area contributed by atoms with Gasteiger partial charge < -0.3 is 0 Å². The van der Waals surface area contributed by atoms with E-state index in [4.69, 9.17) is 11.6 Å². The summed E-state index contributed by atoms with van der Waals surface area (Å²) < 4.78 is 0. The van der Waals surface area contributed by atoms with E-state index in [0.29, 0.717) is 5.25 Å². The Hall–Kier alpha value is -0.140. The highest BCUT2D eigenvalue weighted by Crippen LogP contribution is 2.29. The molecular formula is C12H19ClS. The van der Waals surface area contributed by atoms with Gasteiger partial charge in [-0.15, -0.1) is 11.8 Å². The van der Waals surface area contributed by atoms with Crippen molar-refractivity contribution in [2.75, 3.05) is 0 Å². The molecule has 0 radical (unpaired) electrons. The van der Waals surface area contributed by atoms with E-state index in [1.54, 1.807) is 0 Å². The predicted molar refractivity (Wildman–Crippen MR) is 68.5 cm³/mol. The molecule has 0 nitrogen and oxygen atoms in total. The summed E-state index contributed by atoms with van der Waals surface area (Å²) in [5, 5.41) is 1.47. The topological polar surface area (TPSA) is 0 Å². The van der Waals surface area contributed by atoms with Crippen LogP contribution in [0.4, 0.5) is 0 Å². The average molecular weight is 231 g/mol. The maximum absolute atomic E-state index is 5.98. The van der Waals surface area contributed by atoms with Gasteiger partial charge in [0.05, 0.1) is 0 Å². The summed E-state index contributed by atoms with van der Waals surface area (Å²) in [7, 11) is 0. The van der Waals surface area contributed by atoms with Crippen molar-refractivity contribution < 1.29 is 0 Å². The maximum Gasteiger partial charge on any atom is 0.0446 e. The third kappa shape index (κ3) is 4.39. The van der Waals surface area contributed by atoms with E-state index in [-0.39, 0.29) is 0 Å². The van der Waals surface area contributed by atoms with Crippen molar-refractivity contribution in [3.05, 3.63) is 28.8 Å². The van der Waals surface area contributed by atoms with Gasteiger partial charge in [0.1, 0.15) is 0 Å². The van der Waals surface area contributed by atoms with Gasteiger partial charge in [0.15, 0.2) is 0 Å². The molecule has 1 aromatic carbocycles. The monoisotopic (exact) mass is 230 g/mol. The summed E-state index contributed by atoms with van der Waals surface area (Å²) in [6.45, 7) is 10.4. The molecule has 2 heteroatoms. The van der Waals surface area contributed by atoms with Gasteiger partial charge in [0, 0.05) is 15.2 Å². The molecule has 14 heavy (non-hydrogen) atoms. The largest absolute Gasteiger partial charge is 0.123 e. The molecular weight excluding hydrogens is 212 g/mol. The molecule has 0 N–H and O–H groups in total. The summed E-state index contributed by atoms with van der Waals surface area (Å²) in [6.07, 6.45) is 0. The van der Waals surface area contributed by atoms with Crippen molar-refractivity contribution in [3.8, 4) is 0 Å². The second-order valence-electron chi connectivity index (χ2n) is 3.03. The molecule has 0 aromatic heterocycles. The Morgan fingerprint density at radius 1 is 1.21 bits per heavy atom. The van der Waals surface area contributed by atoms with E-state index in [2.05, 4.69) is 26.8 Å². The van der Waals surface area contributed by atoms with Gasteiger partial charge in [-0.1, -0.05) is 45.4 Å². The fourth-order valence-corrected chi connectivity index (χ4v) is 2.15. The Morgan fingerprint density at radius 2 is 1.79 bits per heavy atom. The number of halogens is 1. The first-order valence-electron chi connectivity index (χ1n) is 5.03. The predicted octanol–water partition coefficient (Wildman–Crippen LogP) is 5.18. The number of hydrogen-bond acceptors (Lipinski definition) is 1. The highest BCUT2D eigenvalue weighted by molar-refractivity contribution is 8.00. The minimum atomic E-state index is 0.613. The van der Waals surface area contributed by atoms with Gasteiger partial charge in [0.2, 0.25) is 0 Å². The van der Waals surface area contributed by atoms with Crippen molar-refractivity contribution in [2.24, 2.45) is 0 Å². The first kappa shape index (κ1) is 13.9. The van der Waals surface area contributed by atoms with Crippen LogP contribution in [0.3, 0.4) is 0 Å². The lowest BCUT2D eigenvalue weighted by molar-refractivity contribution is 1.10. The van der Waals surface area contributed by atoms with Crippen LogP contribution in [0.2, 0.25) is 5.02 Å². The summed E-state index contributed by atoms with van der Waals surface area (Å²) in [5.41, 5.74) is 1.19. The van der Waals surface area contributed by atoms with Crippen LogP contribution in [0.25, 0.3) is 0 Å². The van der Waals surface area contributed by atoms with Crippen LogP contribution in [-0.4, -0.2) is 5.25 Å². The second kappa shape index (κ2) is 7.19. The number of rotatable bonds is 2. The fourth-order valence-electron chi connectivity index (χ4n) is 0.969. The van der Waals surface area contributed by atoms with Gasteiger partial charge in [-0.2, -0.15) is 0 Å². The maximum atomic E-state index is 5.98. The molecule has 80 valence electrons. The van der Waals surface area contributed by atoms with Gasteiger partial charge in [0.25, 0.3) is 0 Å². The van der Waals surface area contributed by atoms with Crippen molar-refractivity contribution >= 4 is 23.4 Å². The van der Waals surface area contributed by atoms with Crippen LogP contribution in [0.1, 0.15) is 33.3 Å². The summed E-state index contributed by atoms with van der Waals surface area (Å²) in [6, 6.07) is 6.05.